The fourth-order valence-corrected chi connectivity index (χ4v) is 2.82. The highest BCUT2D eigenvalue weighted by Gasteiger charge is 2.27. The lowest BCUT2D eigenvalue weighted by atomic mass is 10.2. The molecule has 0 fully saturated rings. The molecule has 25 heavy (non-hydrogen) atoms. The Hall–Kier alpha value is -3.13. The second kappa shape index (κ2) is 6.40. The van der Waals surface area contributed by atoms with E-state index in [1.54, 1.807) is 22.0 Å². The topological polar surface area (TPSA) is 103 Å². The number of carbonyl (C=O) groups is 1. The van der Waals surface area contributed by atoms with Crippen LogP contribution in [0.1, 0.15) is 21.7 Å². The van der Waals surface area contributed by atoms with E-state index < -0.39 is 0 Å². The molecule has 1 aromatic carbocycles. The van der Waals surface area contributed by atoms with Gasteiger partial charge < -0.3 is 10.6 Å². The summed E-state index contributed by atoms with van der Waals surface area (Å²) in [6.07, 6.45) is 3.42. The number of benzene rings is 1. The fraction of sp³-hybridized carbons (Fsp3) is 0.235. The zero-order valence-corrected chi connectivity index (χ0v) is 13.5. The van der Waals surface area contributed by atoms with Gasteiger partial charge in [-0.25, -0.2) is 9.97 Å². The van der Waals surface area contributed by atoms with Gasteiger partial charge in [0, 0.05) is 30.4 Å². The predicted octanol–water partition coefficient (Wildman–Crippen LogP) is 0.850. The second-order valence-electron chi connectivity index (χ2n) is 5.85. The number of amides is 1. The average molecular weight is 335 g/mol. The Kier molecular flexibility index (Phi) is 3.95. The zero-order chi connectivity index (χ0) is 17.2. The standard InChI is InChI=1S/C17H17N7O/c18-6-7-24-11-15(21-22-24)17(25)23-9-13-8-19-16(20-14(13)10-23)12-4-2-1-3-5-12/h1-5,8,11H,6-7,9-10,18H2. The third kappa shape index (κ3) is 2.99. The summed E-state index contributed by atoms with van der Waals surface area (Å²) in [5.74, 6) is 0.505. The quantitative estimate of drug-likeness (QED) is 0.758. The van der Waals surface area contributed by atoms with Crippen LogP contribution in [-0.4, -0.2) is 42.3 Å². The van der Waals surface area contributed by atoms with E-state index >= 15 is 0 Å². The maximum Gasteiger partial charge on any atom is 0.276 e. The molecule has 0 atom stereocenters. The molecule has 3 heterocycles. The van der Waals surface area contributed by atoms with Crippen molar-refractivity contribution >= 4 is 5.91 Å². The van der Waals surface area contributed by atoms with Crippen LogP contribution in [0.5, 0.6) is 0 Å². The number of hydrogen-bond acceptors (Lipinski definition) is 6. The summed E-state index contributed by atoms with van der Waals surface area (Å²) < 4.78 is 1.57. The molecule has 0 radical (unpaired) electrons. The van der Waals surface area contributed by atoms with Crippen molar-refractivity contribution in [2.75, 3.05) is 6.54 Å². The van der Waals surface area contributed by atoms with Crippen LogP contribution in [0, 0.1) is 0 Å². The van der Waals surface area contributed by atoms with E-state index in [1.165, 1.54) is 0 Å². The van der Waals surface area contributed by atoms with E-state index in [0.29, 0.717) is 37.7 Å². The van der Waals surface area contributed by atoms with Crippen molar-refractivity contribution < 1.29 is 4.79 Å². The van der Waals surface area contributed by atoms with E-state index in [1.807, 2.05) is 30.3 Å². The van der Waals surface area contributed by atoms with Crippen LogP contribution >= 0.6 is 0 Å². The minimum Gasteiger partial charge on any atom is -0.329 e. The first-order valence-corrected chi connectivity index (χ1v) is 8.04. The largest absolute Gasteiger partial charge is 0.329 e. The molecule has 126 valence electrons. The minimum atomic E-state index is -0.164. The van der Waals surface area contributed by atoms with Gasteiger partial charge >= 0.3 is 0 Å². The third-order valence-corrected chi connectivity index (χ3v) is 4.09. The summed E-state index contributed by atoms with van der Waals surface area (Å²) >= 11 is 0. The highest BCUT2D eigenvalue weighted by Crippen LogP contribution is 2.24. The molecule has 0 spiro atoms. The van der Waals surface area contributed by atoms with E-state index in [4.69, 9.17) is 5.73 Å². The van der Waals surface area contributed by atoms with Gasteiger partial charge in [0.1, 0.15) is 0 Å². The fourth-order valence-electron chi connectivity index (χ4n) is 2.82. The van der Waals surface area contributed by atoms with Crippen molar-refractivity contribution in [1.82, 2.24) is 29.9 Å². The van der Waals surface area contributed by atoms with Gasteiger partial charge in [0.25, 0.3) is 5.91 Å². The SMILES string of the molecule is NCCn1cc(C(=O)N2Cc3cnc(-c4ccccc4)nc3C2)nn1. The number of rotatable bonds is 4. The summed E-state index contributed by atoms with van der Waals surface area (Å²) in [4.78, 5) is 23.4. The van der Waals surface area contributed by atoms with Crippen LogP contribution in [0.25, 0.3) is 11.4 Å². The Morgan fingerprint density at radius 1 is 1.20 bits per heavy atom. The average Bonchev–Trinajstić information content (AvgIpc) is 3.28. The molecule has 1 amide bonds. The maximum absolute atomic E-state index is 12.6. The molecule has 8 heteroatoms. The lowest BCUT2D eigenvalue weighted by Crippen LogP contribution is -2.25. The molecule has 1 aliphatic rings. The van der Waals surface area contributed by atoms with Gasteiger partial charge in [-0.3, -0.25) is 9.48 Å². The molecule has 0 saturated heterocycles. The number of nitrogens with zero attached hydrogens (tertiary/aromatic N) is 6. The van der Waals surface area contributed by atoms with Crippen molar-refractivity contribution in [3.63, 3.8) is 0 Å². The van der Waals surface area contributed by atoms with E-state index in [9.17, 15) is 4.79 Å². The molecular weight excluding hydrogens is 318 g/mol. The van der Waals surface area contributed by atoms with Crippen LogP contribution in [0.2, 0.25) is 0 Å². The first-order chi connectivity index (χ1) is 12.2. The van der Waals surface area contributed by atoms with Gasteiger partial charge in [-0.2, -0.15) is 0 Å². The second-order valence-corrected chi connectivity index (χ2v) is 5.85. The highest BCUT2D eigenvalue weighted by molar-refractivity contribution is 5.92. The Morgan fingerprint density at radius 3 is 2.84 bits per heavy atom. The number of fused-ring (bicyclic) bond motifs is 1. The normalized spacial score (nSPS) is 13.1. The molecular formula is C17H17N7O. The first kappa shape index (κ1) is 15.4. The molecule has 0 aliphatic carbocycles. The first-order valence-electron chi connectivity index (χ1n) is 8.04. The summed E-state index contributed by atoms with van der Waals surface area (Å²) in [6, 6.07) is 9.79. The minimum absolute atomic E-state index is 0.164. The summed E-state index contributed by atoms with van der Waals surface area (Å²) in [6.45, 7) is 1.91. The van der Waals surface area contributed by atoms with Gasteiger partial charge in [-0.05, 0) is 0 Å². The van der Waals surface area contributed by atoms with E-state index in [-0.39, 0.29) is 5.91 Å². The van der Waals surface area contributed by atoms with Crippen LogP contribution < -0.4 is 5.73 Å². The van der Waals surface area contributed by atoms with E-state index in [0.717, 1.165) is 16.8 Å². The van der Waals surface area contributed by atoms with E-state index in [2.05, 4.69) is 20.3 Å². The van der Waals surface area contributed by atoms with Gasteiger partial charge in [0.15, 0.2) is 11.5 Å². The smallest absolute Gasteiger partial charge is 0.276 e. The van der Waals surface area contributed by atoms with Crippen molar-refractivity contribution in [3.8, 4) is 11.4 Å². The third-order valence-electron chi connectivity index (χ3n) is 4.09. The van der Waals surface area contributed by atoms with Gasteiger partial charge in [0.2, 0.25) is 0 Å². The van der Waals surface area contributed by atoms with Crippen molar-refractivity contribution in [2.45, 2.75) is 19.6 Å². The molecule has 2 aromatic heterocycles. The summed E-state index contributed by atoms with van der Waals surface area (Å²) in [5, 5.41) is 7.85. The van der Waals surface area contributed by atoms with Crippen LogP contribution in [0.4, 0.5) is 0 Å². The number of hydrogen-bond donors (Lipinski definition) is 1. The lowest BCUT2D eigenvalue weighted by Gasteiger charge is -2.12. The molecule has 2 N–H and O–H groups in total. The maximum atomic E-state index is 12.6. The van der Waals surface area contributed by atoms with Crippen molar-refractivity contribution in [1.29, 1.82) is 0 Å². The van der Waals surface area contributed by atoms with Crippen LogP contribution in [0.15, 0.2) is 42.7 Å². The van der Waals surface area contributed by atoms with Gasteiger partial charge in [-0.15, -0.1) is 5.10 Å². The van der Waals surface area contributed by atoms with Crippen LogP contribution in [-0.2, 0) is 19.6 Å². The number of aromatic nitrogens is 5. The van der Waals surface area contributed by atoms with Crippen molar-refractivity contribution in [3.05, 3.63) is 59.7 Å². The Bertz CT molecular complexity index is 906. The highest BCUT2D eigenvalue weighted by atomic mass is 16.2. The van der Waals surface area contributed by atoms with Crippen molar-refractivity contribution in [2.24, 2.45) is 5.73 Å². The van der Waals surface area contributed by atoms with Crippen LogP contribution in [0.3, 0.4) is 0 Å². The molecule has 0 saturated carbocycles. The molecule has 3 aromatic rings. The molecule has 1 aliphatic heterocycles. The monoisotopic (exact) mass is 335 g/mol. The zero-order valence-electron chi connectivity index (χ0n) is 13.5. The van der Waals surface area contributed by atoms with Gasteiger partial charge in [-0.1, -0.05) is 35.5 Å². The summed E-state index contributed by atoms with van der Waals surface area (Å²) in [7, 11) is 0. The molecule has 0 unspecified atom stereocenters. The molecule has 4 rings (SSSR count). The number of carbonyl (C=O) groups excluding carboxylic acids is 1. The Morgan fingerprint density at radius 2 is 2.04 bits per heavy atom. The summed E-state index contributed by atoms with van der Waals surface area (Å²) in [5.41, 5.74) is 8.60. The molecule has 8 nitrogen and oxygen atoms in total. The molecule has 0 bridgehead atoms. The predicted molar refractivity (Wildman–Crippen MR) is 90.1 cm³/mol. The Balaban J connectivity index is 1.53. The Labute approximate surface area is 144 Å². The number of nitrogens with two attached hydrogens (primary N) is 1. The van der Waals surface area contributed by atoms with Gasteiger partial charge in [0.05, 0.1) is 25.0 Å². The lowest BCUT2D eigenvalue weighted by molar-refractivity contribution is 0.0744.